The lowest BCUT2D eigenvalue weighted by molar-refractivity contribution is -0.386. The Balaban J connectivity index is 0.00000129. The molecule has 2 unspecified atom stereocenters. The Hall–Kier alpha value is -2.86. The Morgan fingerprint density at radius 3 is 2.48 bits per heavy atom. The quantitative estimate of drug-likeness (QED) is 0.411. The van der Waals surface area contributed by atoms with E-state index in [1.807, 2.05) is 27.7 Å². The van der Waals surface area contributed by atoms with E-state index in [4.69, 9.17) is 15.2 Å². The second kappa shape index (κ2) is 13.6. The third-order valence-corrected chi connectivity index (χ3v) is 4.71. The number of benzene rings is 1. The molecule has 33 heavy (non-hydrogen) atoms. The zero-order valence-electron chi connectivity index (χ0n) is 19.7. The molecule has 1 aliphatic heterocycles. The van der Waals surface area contributed by atoms with Gasteiger partial charge >= 0.3 is 5.69 Å². The van der Waals surface area contributed by atoms with E-state index < -0.39 is 29.0 Å². The molecule has 3 atom stereocenters. The Kier molecular flexibility index (Phi) is 11.6. The number of nitrogen functional groups attached to an aromatic ring is 1. The number of nitrogens with two attached hydrogens (primary N) is 1. The maximum Gasteiger partial charge on any atom is 0.351 e. The topological polar surface area (TPSA) is 163 Å². The van der Waals surface area contributed by atoms with Gasteiger partial charge in [0.25, 0.3) is 5.69 Å². The third kappa shape index (κ3) is 7.32. The molecule has 2 aromatic rings. The summed E-state index contributed by atoms with van der Waals surface area (Å²) in [5, 5.41) is 30.3. The first kappa shape index (κ1) is 28.2. The Morgan fingerprint density at radius 1 is 1.27 bits per heavy atom. The van der Waals surface area contributed by atoms with Crippen molar-refractivity contribution in [2.24, 2.45) is 0 Å². The molecule has 0 saturated carbocycles. The first-order chi connectivity index (χ1) is 15.8. The van der Waals surface area contributed by atoms with E-state index in [2.05, 4.69) is 4.98 Å². The normalized spacial score (nSPS) is 19.2. The van der Waals surface area contributed by atoms with E-state index in [1.165, 1.54) is 16.8 Å². The molecule has 0 radical (unpaired) electrons. The van der Waals surface area contributed by atoms with Gasteiger partial charge < -0.3 is 25.4 Å². The van der Waals surface area contributed by atoms with Crippen LogP contribution in [0.4, 0.5) is 11.5 Å². The number of aryl methyl sites for hydroxylation is 1. The van der Waals surface area contributed by atoms with Gasteiger partial charge in [0.05, 0.1) is 36.4 Å². The van der Waals surface area contributed by atoms with Crippen molar-refractivity contribution in [1.29, 1.82) is 0 Å². The molecule has 0 amide bonds. The minimum Gasteiger partial charge on any atom is -0.394 e. The second-order valence-corrected chi connectivity index (χ2v) is 6.84. The van der Waals surface area contributed by atoms with Gasteiger partial charge in [0.1, 0.15) is 18.1 Å². The summed E-state index contributed by atoms with van der Waals surface area (Å²) >= 11 is 0. The van der Waals surface area contributed by atoms with Gasteiger partial charge in [-0.2, -0.15) is 4.98 Å². The molecule has 0 spiro atoms. The van der Waals surface area contributed by atoms with E-state index in [-0.39, 0.29) is 37.7 Å². The summed E-state index contributed by atoms with van der Waals surface area (Å²) in [4.78, 5) is 26.6. The number of ether oxygens (including phenoxy) is 2. The molecule has 11 nitrogen and oxygen atoms in total. The minimum absolute atomic E-state index is 0.0260. The van der Waals surface area contributed by atoms with Crippen molar-refractivity contribution < 1.29 is 24.6 Å². The second-order valence-electron chi connectivity index (χ2n) is 6.84. The lowest BCUT2D eigenvalue weighted by Gasteiger charge is -2.16. The molecule has 4 N–H and O–H groups in total. The number of nitro groups is 1. The van der Waals surface area contributed by atoms with Gasteiger partial charge in [-0.05, 0) is 18.6 Å². The maximum absolute atomic E-state index is 12.2. The number of nitro benzene ring substituents is 1. The standard InChI is InChI=1S/C18H22N4O7.2C2H6/c1-10-2-3-11(13(4-10)22(26)27)8-28-9-12-6-21(18(25)20-17(12)19)16-5-14(24)15(7-23)29-16;2*1-2/h2-4,6,14-16,23-24H,5,7-9H2,1H3,(H2,19,20,25);2*1-2H3/t14-,15?,16?;;/m1../s1. The van der Waals surface area contributed by atoms with Crippen molar-refractivity contribution in [1.82, 2.24) is 9.55 Å². The van der Waals surface area contributed by atoms with Crippen LogP contribution in [-0.2, 0) is 22.7 Å². The highest BCUT2D eigenvalue weighted by atomic mass is 16.6. The lowest BCUT2D eigenvalue weighted by atomic mass is 10.1. The van der Waals surface area contributed by atoms with Crippen molar-refractivity contribution in [3.8, 4) is 0 Å². The average molecular weight is 467 g/mol. The van der Waals surface area contributed by atoms with Crippen LogP contribution >= 0.6 is 0 Å². The summed E-state index contributed by atoms with van der Waals surface area (Å²) in [6, 6.07) is 4.84. The van der Waals surface area contributed by atoms with Crippen LogP contribution < -0.4 is 11.4 Å². The van der Waals surface area contributed by atoms with Crippen molar-refractivity contribution in [2.75, 3.05) is 12.3 Å². The van der Waals surface area contributed by atoms with Crippen LogP contribution in [-0.4, -0.2) is 43.5 Å². The molecule has 3 rings (SSSR count). The van der Waals surface area contributed by atoms with E-state index in [1.54, 1.807) is 19.1 Å². The fourth-order valence-electron chi connectivity index (χ4n) is 3.13. The fraction of sp³-hybridized carbons (Fsp3) is 0.545. The van der Waals surface area contributed by atoms with Crippen LogP contribution in [0.1, 0.15) is 57.0 Å². The van der Waals surface area contributed by atoms with Crippen molar-refractivity contribution in [3.63, 3.8) is 0 Å². The Bertz CT molecular complexity index is 964. The maximum atomic E-state index is 12.2. The summed E-state index contributed by atoms with van der Waals surface area (Å²) in [5.41, 5.74) is 6.68. The molecule has 1 saturated heterocycles. The van der Waals surface area contributed by atoms with E-state index >= 15 is 0 Å². The van der Waals surface area contributed by atoms with Gasteiger partial charge in [-0.25, -0.2) is 4.79 Å². The van der Waals surface area contributed by atoms with Crippen LogP contribution in [0.2, 0.25) is 0 Å². The summed E-state index contributed by atoms with van der Waals surface area (Å²) in [6.45, 7) is 9.32. The van der Waals surface area contributed by atoms with E-state index in [0.717, 1.165) is 5.56 Å². The largest absolute Gasteiger partial charge is 0.394 e. The average Bonchev–Trinajstić information content (AvgIpc) is 3.19. The molecule has 1 fully saturated rings. The number of aliphatic hydroxyl groups is 2. The van der Waals surface area contributed by atoms with E-state index in [0.29, 0.717) is 11.1 Å². The summed E-state index contributed by atoms with van der Waals surface area (Å²) < 4.78 is 12.2. The fourth-order valence-corrected chi connectivity index (χ4v) is 3.13. The van der Waals surface area contributed by atoms with Gasteiger partial charge in [-0.3, -0.25) is 14.7 Å². The van der Waals surface area contributed by atoms with Gasteiger partial charge in [-0.15, -0.1) is 0 Å². The number of aliphatic hydroxyl groups excluding tert-OH is 2. The molecule has 1 aliphatic rings. The Morgan fingerprint density at radius 2 is 1.91 bits per heavy atom. The summed E-state index contributed by atoms with van der Waals surface area (Å²) in [6.07, 6.45) is -0.944. The number of anilines is 1. The number of rotatable bonds is 7. The SMILES string of the molecule is CC.CC.Cc1ccc(COCc2cn(C3C[C@@H](O)C(CO)O3)c(=O)nc2N)c([N+](=O)[O-])c1. The molecule has 11 heteroatoms. The molecular formula is C22H34N4O7. The molecule has 0 bridgehead atoms. The smallest absolute Gasteiger partial charge is 0.351 e. The van der Waals surface area contributed by atoms with Gasteiger partial charge in [-0.1, -0.05) is 33.8 Å². The zero-order chi connectivity index (χ0) is 25.1. The van der Waals surface area contributed by atoms with Gasteiger partial charge in [0.15, 0.2) is 0 Å². The van der Waals surface area contributed by atoms with Gasteiger partial charge in [0, 0.05) is 24.2 Å². The lowest BCUT2D eigenvalue weighted by Crippen LogP contribution is -2.29. The summed E-state index contributed by atoms with van der Waals surface area (Å²) in [5.74, 6) is -0.0260. The Labute approximate surface area is 192 Å². The first-order valence-electron chi connectivity index (χ1n) is 10.9. The molecule has 2 heterocycles. The predicted octanol–water partition coefficient (Wildman–Crippen LogP) is 2.45. The van der Waals surface area contributed by atoms with Crippen LogP contribution in [0.5, 0.6) is 0 Å². The highest BCUT2D eigenvalue weighted by molar-refractivity contribution is 5.42. The molecular weight excluding hydrogens is 432 g/mol. The van der Waals surface area contributed by atoms with Crippen molar-refractivity contribution >= 4 is 11.5 Å². The number of hydrogen-bond acceptors (Lipinski definition) is 9. The number of nitrogens with zero attached hydrogens (tertiary/aromatic N) is 3. The summed E-state index contributed by atoms with van der Waals surface area (Å²) in [7, 11) is 0. The van der Waals surface area contributed by atoms with Crippen LogP contribution in [0.15, 0.2) is 29.2 Å². The third-order valence-electron chi connectivity index (χ3n) is 4.71. The molecule has 0 aliphatic carbocycles. The molecule has 1 aromatic heterocycles. The highest BCUT2D eigenvalue weighted by Crippen LogP contribution is 2.28. The highest BCUT2D eigenvalue weighted by Gasteiger charge is 2.35. The van der Waals surface area contributed by atoms with Gasteiger partial charge in [0.2, 0.25) is 0 Å². The van der Waals surface area contributed by atoms with Crippen molar-refractivity contribution in [3.05, 3.63) is 61.7 Å². The first-order valence-corrected chi connectivity index (χ1v) is 10.9. The van der Waals surface area contributed by atoms with Crippen molar-refractivity contribution in [2.45, 2.75) is 72.7 Å². The van der Waals surface area contributed by atoms with Crippen LogP contribution in [0, 0.1) is 17.0 Å². The molecule has 184 valence electrons. The van der Waals surface area contributed by atoms with E-state index in [9.17, 15) is 25.1 Å². The zero-order valence-corrected chi connectivity index (χ0v) is 19.7. The number of hydrogen-bond donors (Lipinski definition) is 3. The molecule has 1 aromatic carbocycles. The monoisotopic (exact) mass is 466 g/mol. The minimum atomic E-state index is -0.906. The van der Waals surface area contributed by atoms with Crippen LogP contribution in [0.3, 0.4) is 0 Å². The van der Waals surface area contributed by atoms with Crippen LogP contribution in [0.25, 0.3) is 0 Å². The predicted molar refractivity (Wildman–Crippen MR) is 124 cm³/mol. The number of aromatic nitrogens is 2.